The van der Waals surface area contributed by atoms with Crippen LogP contribution in [0.25, 0.3) is 0 Å². The van der Waals surface area contributed by atoms with E-state index in [2.05, 4.69) is 25.4 Å². The fourth-order valence-corrected chi connectivity index (χ4v) is 3.72. The van der Waals surface area contributed by atoms with Crippen LogP contribution in [0.2, 0.25) is 0 Å². The van der Waals surface area contributed by atoms with Gasteiger partial charge < -0.3 is 15.0 Å². The summed E-state index contributed by atoms with van der Waals surface area (Å²) >= 11 is 0. The molecule has 25 heavy (non-hydrogen) atoms. The molecule has 0 aromatic carbocycles. The van der Waals surface area contributed by atoms with Crippen molar-refractivity contribution in [1.29, 1.82) is 0 Å². The molecule has 4 heterocycles. The number of aryl methyl sites for hydroxylation is 1. The molecule has 0 saturated carbocycles. The Bertz CT molecular complexity index is 752. The van der Waals surface area contributed by atoms with Gasteiger partial charge >= 0.3 is 0 Å². The van der Waals surface area contributed by atoms with Gasteiger partial charge in [0.05, 0.1) is 17.7 Å². The van der Waals surface area contributed by atoms with E-state index < -0.39 is 5.41 Å². The van der Waals surface area contributed by atoms with Gasteiger partial charge in [-0.1, -0.05) is 6.07 Å². The van der Waals surface area contributed by atoms with Crippen LogP contribution in [-0.4, -0.2) is 47.3 Å². The van der Waals surface area contributed by atoms with E-state index in [1.807, 2.05) is 37.3 Å². The molecular formula is C18H21N5O2. The Labute approximate surface area is 146 Å². The fraction of sp³-hybridized carbons (Fsp3) is 0.444. The van der Waals surface area contributed by atoms with E-state index in [1.54, 1.807) is 6.20 Å². The molecular weight excluding hydrogens is 318 g/mol. The number of pyridine rings is 1. The minimum atomic E-state index is -0.429. The molecule has 2 aliphatic heterocycles. The summed E-state index contributed by atoms with van der Waals surface area (Å²) in [7, 11) is 0. The van der Waals surface area contributed by atoms with Crippen molar-refractivity contribution >= 4 is 11.7 Å². The second kappa shape index (κ2) is 6.31. The number of hydrogen-bond donors (Lipinski definition) is 1. The highest BCUT2D eigenvalue weighted by Crippen LogP contribution is 2.42. The van der Waals surface area contributed by atoms with Crippen LogP contribution in [0.5, 0.6) is 5.88 Å². The molecule has 2 fully saturated rings. The number of carbonyl (C=O) groups excluding carboxylic acids is 1. The van der Waals surface area contributed by atoms with E-state index in [0.29, 0.717) is 25.6 Å². The molecule has 130 valence electrons. The molecule has 7 heteroatoms. The normalized spacial score (nSPS) is 25.4. The molecule has 2 atom stereocenters. The van der Waals surface area contributed by atoms with Crippen molar-refractivity contribution in [3.63, 3.8) is 0 Å². The van der Waals surface area contributed by atoms with E-state index in [-0.39, 0.29) is 11.8 Å². The zero-order valence-electron chi connectivity index (χ0n) is 14.2. The van der Waals surface area contributed by atoms with Gasteiger partial charge in [0.1, 0.15) is 0 Å². The van der Waals surface area contributed by atoms with Crippen molar-refractivity contribution in [2.24, 2.45) is 11.3 Å². The topological polar surface area (TPSA) is 80.2 Å². The van der Waals surface area contributed by atoms with Crippen molar-refractivity contribution in [3.05, 3.63) is 42.2 Å². The second-order valence-corrected chi connectivity index (χ2v) is 6.75. The first-order valence-electron chi connectivity index (χ1n) is 8.55. The lowest BCUT2D eigenvalue weighted by molar-refractivity contribution is -0.128. The van der Waals surface area contributed by atoms with Gasteiger partial charge in [0.25, 0.3) is 0 Å². The van der Waals surface area contributed by atoms with Gasteiger partial charge in [-0.15, -0.1) is 5.10 Å². The number of carbonyl (C=O) groups is 1. The molecule has 0 unspecified atom stereocenters. The van der Waals surface area contributed by atoms with Gasteiger partial charge in [0.15, 0.2) is 5.82 Å². The molecule has 1 amide bonds. The van der Waals surface area contributed by atoms with Gasteiger partial charge in [0.2, 0.25) is 11.8 Å². The first-order chi connectivity index (χ1) is 12.2. The Balaban J connectivity index is 1.48. The highest BCUT2D eigenvalue weighted by atomic mass is 16.5. The quantitative estimate of drug-likeness (QED) is 0.902. The average Bonchev–Trinajstić information content (AvgIpc) is 3.21. The zero-order chi connectivity index (χ0) is 17.3. The largest absolute Gasteiger partial charge is 0.477 e. The maximum Gasteiger partial charge on any atom is 0.228 e. The number of amides is 1. The van der Waals surface area contributed by atoms with E-state index in [1.165, 1.54) is 0 Å². The van der Waals surface area contributed by atoms with Crippen LogP contribution in [0.4, 0.5) is 5.82 Å². The van der Waals surface area contributed by atoms with Crippen molar-refractivity contribution in [3.8, 4) is 5.88 Å². The lowest BCUT2D eigenvalue weighted by Crippen LogP contribution is -2.40. The van der Waals surface area contributed by atoms with E-state index in [0.717, 1.165) is 24.5 Å². The standard InChI is InChI=1S/C18H21N5O2/c1-13-5-6-15(22-21-13)23-9-7-18(12-23)14(10-20-17(18)24)11-25-16-4-2-3-8-19-16/h2-6,8,14H,7,9-12H2,1H3,(H,20,24)/t14-,18+/m1/s1. The summed E-state index contributed by atoms with van der Waals surface area (Å²) in [5, 5.41) is 11.4. The SMILES string of the molecule is Cc1ccc(N2CC[C@@]3(C2)C(=O)NC[C@@H]3COc2ccccn2)nn1. The molecule has 0 aliphatic carbocycles. The van der Waals surface area contributed by atoms with Crippen LogP contribution in [0, 0.1) is 18.3 Å². The summed E-state index contributed by atoms with van der Waals surface area (Å²) in [4.78, 5) is 18.9. The molecule has 4 rings (SSSR count). The highest BCUT2D eigenvalue weighted by Gasteiger charge is 2.54. The number of nitrogens with zero attached hydrogens (tertiary/aromatic N) is 4. The number of aromatic nitrogens is 3. The third kappa shape index (κ3) is 2.90. The minimum Gasteiger partial charge on any atom is -0.477 e. The molecule has 2 aromatic rings. The summed E-state index contributed by atoms with van der Waals surface area (Å²) in [5.74, 6) is 1.65. The molecule has 0 radical (unpaired) electrons. The van der Waals surface area contributed by atoms with Gasteiger partial charge in [-0.25, -0.2) is 4.98 Å². The van der Waals surface area contributed by atoms with E-state index in [4.69, 9.17) is 4.74 Å². The third-order valence-electron chi connectivity index (χ3n) is 5.22. The van der Waals surface area contributed by atoms with Crippen LogP contribution < -0.4 is 15.0 Å². The summed E-state index contributed by atoms with van der Waals surface area (Å²) in [6.07, 6.45) is 2.50. The lowest BCUT2D eigenvalue weighted by atomic mass is 9.77. The summed E-state index contributed by atoms with van der Waals surface area (Å²) < 4.78 is 5.83. The van der Waals surface area contributed by atoms with Crippen molar-refractivity contribution in [2.75, 3.05) is 31.1 Å². The summed E-state index contributed by atoms with van der Waals surface area (Å²) in [6, 6.07) is 9.49. The van der Waals surface area contributed by atoms with Crippen molar-refractivity contribution in [1.82, 2.24) is 20.5 Å². The maximum absolute atomic E-state index is 12.6. The van der Waals surface area contributed by atoms with Crippen LogP contribution >= 0.6 is 0 Å². The van der Waals surface area contributed by atoms with E-state index in [9.17, 15) is 4.79 Å². The monoisotopic (exact) mass is 339 g/mol. The molecule has 2 saturated heterocycles. The molecule has 1 N–H and O–H groups in total. The number of hydrogen-bond acceptors (Lipinski definition) is 6. The minimum absolute atomic E-state index is 0.115. The van der Waals surface area contributed by atoms with Gasteiger partial charge in [-0.2, -0.15) is 5.10 Å². The lowest BCUT2D eigenvalue weighted by Gasteiger charge is -2.28. The van der Waals surface area contributed by atoms with Crippen LogP contribution in [-0.2, 0) is 4.79 Å². The number of nitrogens with one attached hydrogen (secondary N) is 1. The molecule has 2 aliphatic rings. The highest BCUT2D eigenvalue weighted by molar-refractivity contribution is 5.86. The molecule has 7 nitrogen and oxygen atoms in total. The van der Waals surface area contributed by atoms with Gasteiger partial charge in [0, 0.05) is 37.8 Å². The van der Waals surface area contributed by atoms with Crippen molar-refractivity contribution < 1.29 is 9.53 Å². The Morgan fingerprint density at radius 3 is 3.00 bits per heavy atom. The van der Waals surface area contributed by atoms with Crippen LogP contribution in [0.1, 0.15) is 12.1 Å². The van der Waals surface area contributed by atoms with Crippen LogP contribution in [0.15, 0.2) is 36.5 Å². The Morgan fingerprint density at radius 1 is 1.32 bits per heavy atom. The second-order valence-electron chi connectivity index (χ2n) is 6.75. The molecule has 1 spiro atoms. The Morgan fingerprint density at radius 2 is 2.24 bits per heavy atom. The smallest absolute Gasteiger partial charge is 0.228 e. The number of anilines is 1. The predicted octanol–water partition coefficient (Wildman–Crippen LogP) is 1.20. The van der Waals surface area contributed by atoms with Crippen LogP contribution in [0.3, 0.4) is 0 Å². The third-order valence-corrected chi connectivity index (χ3v) is 5.22. The Hall–Kier alpha value is -2.70. The van der Waals surface area contributed by atoms with Gasteiger partial charge in [-0.3, -0.25) is 4.79 Å². The average molecular weight is 339 g/mol. The predicted molar refractivity (Wildman–Crippen MR) is 92.3 cm³/mol. The van der Waals surface area contributed by atoms with E-state index >= 15 is 0 Å². The first kappa shape index (κ1) is 15.8. The molecule has 2 aromatic heterocycles. The van der Waals surface area contributed by atoms with Gasteiger partial charge in [-0.05, 0) is 31.5 Å². The molecule has 0 bridgehead atoms. The summed E-state index contributed by atoms with van der Waals surface area (Å²) in [6.45, 7) is 4.47. The number of rotatable bonds is 4. The fourth-order valence-electron chi connectivity index (χ4n) is 3.72. The maximum atomic E-state index is 12.6. The first-order valence-corrected chi connectivity index (χ1v) is 8.55. The zero-order valence-corrected chi connectivity index (χ0v) is 14.2. The van der Waals surface area contributed by atoms with Crippen molar-refractivity contribution in [2.45, 2.75) is 13.3 Å². The Kier molecular flexibility index (Phi) is 3.99. The number of ether oxygens (including phenoxy) is 1. The summed E-state index contributed by atoms with van der Waals surface area (Å²) in [5.41, 5.74) is 0.458.